The zero-order valence-corrected chi connectivity index (χ0v) is 18.8. The molecule has 1 N–H and O–H groups in total. The van der Waals surface area contributed by atoms with Gasteiger partial charge in [-0.2, -0.15) is 57.1 Å². The van der Waals surface area contributed by atoms with Crippen LogP contribution in [0.15, 0.2) is 54.6 Å². The van der Waals surface area contributed by atoms with Gasteiger partial charge in [-0.1, -0.05) is 68.4 Å². The first-order valence-electron chi connectivity index (χ1n) is 10.3. The Bertz CT molecular complexity index is 1080. The third-order valence-corrected chi connectivity index (χ3v) is 5.76. The average molecular weight is 558 g/mol. The molecule has 2 aromatic rings. The monoisotopic (exact) mass is 558 g/mol. The zero-order valence-electron chi connectivity index (χ0n) is 18.8. The van der Waals surface area contributed by atoms with Crippen molar-refractivity contribution in [2.75, 3.05) is 0 Å². The lowest BCUT2D eigenvalue weighted by atomic mass is 9.78. The number of benzene rings is 2. The van der Waals surface area contributed by atoms with Gasteiger partial charge in [-0.3, -0.25) is 0 Å². The van der Waals surface area contributed by atoms with Crippen LogP contribution in [0.2, 0.25) is 0 Å². The molecule has 208 valence electrons. The Kier molecular flexibility index (Phi) is 7.76. The van der Waals surface area contributed by atoms with E-state index >= 15 is 0 Å². The highest BCUT2D eigenvalue weighted by Gasteiger charge is 2.90. The predicted octanol–water partition coefficient (Wildman–Crippen LogP) is 8.17. The molecule has 0 amide bonds. The van der Waals surface area contributed by atoms with Crippen molar-refractivity contribution in [3.63, 3.8) is 0 Å². The topological polar surface area (TPSA) is 20.2 Å². The summed E-state index contributed by atoms with van der Waals surface area (Å²) in [7, 11) is 0. The maximum Gasteiger partial charge on any atom is 0.460 e. The second kappa shape index (κ2) is 9.35. The molecular weight excluding hydrogens is 539 g/mol. The highest BCUT2D eigenvalue weighted by Crippen LogP contribution is 2.61. The number of alkyl halides is 13. The summed E-state index contributed by atoms with van der Waals surface area (Å²) in [6.45, 7) is 3.21. The Morgan fingerprint density at radius 1 is 0.595 bits per heavy atom. The molecule has 2 aromatic carbocycles. The van der Waals surface area contributed by atoms with Crippen LogP contribution in [0.1, 0.15) is 42.9 Å². The molecule has 0 aliphatic rings. The van der Waals surface area contributed by atoms with Crippen molar-refractivity contribution in [3.05, 3.63) is 71.3 Å². The van der Waals surface area contributed by atoms with Crippen molar-refractivity contribution >= 4 is 0 Å². The summed E-state index contributed by atoms with van der Waals surface area (Å²) >= 11 is 0. The van der Waals surface area contributed by atoms with E-state index < -0.39 is 58.9 Å². The van der Waals surface area contributed by atoms with Crippen LogP contribution in [0.25, 0.3) is 0 Å². The molecule has 2 rings (SSSR count). The van der Waals surface area contributed by atoms with Gasteiger partial charge in [0.1, 0.15) is 5.60 Å². The molecule has 37 heavy (non-hydrogen) atoms. The van der Waals surface area contributed by atoms with Crippen LogP contribution in [0.5, 0.6) is 0 Å². The van der Waals surface area contributed by atoms with E-state index in [0.29, 0.717) is 5.56 Å². The van der Waals surface area contributed by atoms with E-state index in [1.165, 1.54) is 18.2 Å². The van der Waals surface area contributed by atoms with Crippen LogP contribution < -0.4 is 0 Å². The number of hydrogen-bond acceptors (Lipinski definition) is 1. The summed E-state index contributed by atoms with van der Waals surface area (Å²) in [4.78, 5) is 0. The van der Waals surface area contributed by atoms with E-state index in [-0.39, 0.29) is 5.92 Å². The SMILES string of the molecule is CC(C)c1cccc(C(O)(CC(F)(F)C(F)(F)C(F)(F)C(F)(F)C(F)(F)C(F)(F)F)c2ccccc2)c1. The third-order valence-electron chi connectivity index (χ3n) is 5.76. The van der Waals surface area contributed by atoms with Gasteiger partial charge in [0, 0.05) is 0 Å². The number of rotatable bonds is 9. The molecule has 0 spiro atoms. The quantitative estimate of drug-likeness (QED) is 0.308. The molecule has 1 nitrogen and oxygen atoms in total. The molecule has 14 heteroatoms. The summed E-state index contributed by atoms with van der Waals surface area (Å²) < 4.78 is 177. The Morgan fingerprint density at radius 3 is 1.51 bits per heavy atom. The molecule has 0 saturated carbocycles. The number of hydrogen-bond donors (Lipinski definition) is 1. The highest BCUT2D eigenvalue weighted by molar-refractivity contribution is 5.39. The molecule has 0 aliphatic carbocycles. The smallest absolute Gasteiger partial charge is 0.380 e. The maximum absolute atomic E-state index is 14.8. The van der Waals surface area contributed by atoms with Crippen molar-refractivity contribution in [1.29, 1.82) is 0 Å². The van der Waals surface area contributed by atoms with Crippen LogP contribution in [-0.4, -0.2) is 40.9 Å². The van der Waals surface area contributed by atoms with Gasteiger partial charge in [0.2, 0.25) is 0 Å². The molecule has 0 heterocycles. The van der Waals surface area contributed by atoms with Crippen LogP contribution in [0.3, 0.4) is 0 Å². The maximum atomic E-state index is 14.8. The molecule has 0 aliphatic heterocycles. The fraction of sp³-hybridized carbons (Fsp3) is 0.478. The highest BCUT2D eigenvalue weighted by atomic mass is 19.4. The van der Waals surface area contributed by atoms with Crippen molar-refractivity contribution in [3.8, 4) is 0 Å². The first kappa shape index (κ1) is 30.7. The normalized spacial score (nSPS) is 16.1. The number of aliphatic hydroxyl groups is 1. The molecule has 0 radical (unpaired) electrons. The largest absolute Gasteiger partial charge is 0.460 e. The Balaban J connectivity index is 2.70. The average Bonchev–Trinajstić information content (AvgIpc) is 2.78. The van der Waals surface area contributed by atoms with Gasteiger partial charge in [-0.25, -0.2) is 0 Å². The van der Waals surface area contributed by atoms with Crippen molar-refractivity contribution in [1.82, 2.24) is 0 Å². The van der Waals surface area contributed by atoms with E-state index in [4.69, 9.17) is 0 Å². The fourth-order valence-corrected chi connectivity index (χ4v) is 3.47. The molecule has 0 saturated heterocycles. The van der Waals surface area contributed by atoms with Crippen molar-refractivity contribution < 1.29 is 62.2 Å². The first-order valence-corrected chi connectivity index (χ1v) is 10.3. The summed E-state index contributed by atoms with van der Waals surface area (Å²) in [6.07, 6.45) is -10.3. The standard InChI is InChI=1S/C23H19F13O/c1-13(2)14-7-6-10-16(11-14)17(37,15-8-4-3-5-9-15)12-18(24,25)19(26,27)20(28,29)21(30,31)22(32,33)23(34,35)36/h3-11,13,37H,12H2,1-2H3. The molecule has 1 atom stereocenters. The zero-order chi connectivity index (χ0) is 28.9. The second-order valence-corrected chi connectivity index (χ2v) is 8.68. The van der Waals surface area contributed by atoms with Gasteiger partial charge in [0.25, 0.3) is 0 Å². The van der Waals surface area contributed by atoms with Crippen molar-refractivity contribution in [2.45, 2.75) is 67.6 Å². The van der Waals surface area contributed by atoms with Crippen LogP contribution in [0.4, 0.5) is 57.1 Å². The van der Waals surface area contributed by atoms with E-state index in [2.05, 4.69) is 0 Å². The summed E-state index contributed by atoms with van der Waals surface area (Å²) in [6, 6.07) is 9.91. The fourth-order valence-electron chi connectivity index (χ4n) is 3.47. The summed E-state index contributed by atoms with van der Waals surface area (Å²) in [5.41, 5.74) is -4.17. The van der Waals surface area contributed by atoms with E-state index in [1.54, 1.807) is 13.8 Å². The van der Waals surface area contributed by atoms with Gasteiger partial charge in [0.15, 0.2) is 0 Å². The van der Waals surface area contributed by atoms with Gasteiger partial charge < -0.3 is 5.11 Å². The first-order chi connectivity index (χ1) is 16.5. The van der Waals surface area contributed by atoms with Gasteiger partial charge in [-0.15, -0.1) is 0 Å². The number of halogens is 13. The second-order valence-electron chi connectivity index (χ2n) is 8.68. The molecular formula is C23H19F13O. The van der Waals surface area contributed by atoms with Crippen molar-refractivity contribution in [2.24, 2.45) is 0 Å². The van der Waals surface area contributed by atoms with Gasteiger partial charge >= 0.3 is 35.8 Å². The van der Waals surface area contributed by atoms with Crippen LogP contribution >= 0.6 is 0 Å². The van der Waals surface area contributed by atoms with Crippen LogP contribution in [-0.2, 0) is 5.60 Å². The Hall–Kier alpha value is -2.51. The molecule has 0 fully saturated rings. The minimum Gasteiger partial charge on any atom is -0.380 e. The molecule has 0 bridgehead atoms. The third kappa shape index (κ3) is 4.88. The Morgan fingerprint density at radius 2 is 1.05 bits per heavy atom. The van der Waals surface area contributed by atoms with Gasteiger partial charge in [-0.05, 0) is 22.6 Å². The Labute approximate surface area is 201 Å². The lowest BCUT2D eigenvalue weighted by molar-refractivity contribution is -0.441. The lowest BCUT2D eigenvalue weighted by Crippen LogP contribution is -2.70. The van der Waals surface area contributed by atoms with Crippen LogP contribution in [0, 0.1) is 0 Å². The minimum atomic E-state index is -8.01. The summed E-state index contributed by atoms with van der Waals surface area (Å²) in [5, 5.41) is 11.1. The van der Waals surface area contributed by atoms with E-state index in [1.807, 2.05) is 0 Å². The van der Waals surface area contributed by atoms with Gasteiger partial charge in [0.05, 0.1) is 6.42 Å². The van der Waals surface area contributed by atoms with E-state index in [9.17, 15) is 62.2 Å². The molecule has 1 unspecified atom stereocenters. The predicted molar refractivity (Wildman–Crippen MR) is 105 cm³/mol. The summed E-state index contributed by atoms with van der Waals surface area (Å²) in [5.74, 6) is -38.1. The lowest BCUT2D eigenvalue weighted by Gasteiger charge is -2.42. The van der Waals surface area contributed by atoms with E-state index in [0.717, 1.165) is 36.4 Å². The molecule has 0 aromatic heterocycles. The minimum absolute atomic E-state index is 0.337.